The molecule has 3 atom stereocenters. The van der Waals surface area contributed by atoms with E-state index in [9.17, 15) is 14.4 Å². The molecule has 2 amide bonds. The fraction of sp³-hybridized carbons (Fsp3) is 0.250. The first kappa shape index (κ1) is 19.9. The zero-order valence-corrected chi connectivity index (χ0v) is 15.9. The van der Waals surface area contributed by atoms with E-state index >= 15 is 0 Å². The molecule has 0 saturated carbocycles. The van der Waals surface area contributed by atoms with E-state index in [-0.39, 0.29) is 6.04 Å². The van der Waals surface area contributed by atoms with Gasteiger partial charge in [-0.2, -0.15) is 0 Å². The normalized spacial score (nSPS) is 21.0. The number of halogens is 1. The number of carbonyl (C=O) groups is 3. The Balaban J connectivity index is 1.70. The van der Waals surface area contributed by atoms with Gasteiger partial charge in [-0.05, 0) is 36.2 Å². The van der Waals surface area contributed by atoms with Gasteiger partial charge >= 0.3 is 17.8 Å². The SMILES string of the molecule is COC(=O)[C@@H]1C[C@@H](NC(=O)C(=O)Nc2ccc(Cl)cc2)[C@H](c2ccccc2)N1. The number of carbonyl (C=O) groups excluding carboxylic acids is 3. The summed E-state index contributed by atoms with van der Waals surface area (Å²) in [6, 6.07) is 14.5. The Morgan fingerprint density at radius 1 is 1.04 bits per heavy atom. The lowest BCUT2D eigenvalue weighted by Crippen LogP contribution is -2.44. The van der Waals surface area contributed by atoms with E-state index in [1.54, 1.807) is 24.3 Å². The molecular formula is C20H20ClN3O4. The summed E-state index contributed by atoms with van der Waals surface area (Å²) < 4.78 is 4.80. The van der Waals surface area contributed by atoms with Crippen LogP contribution in [-0.2, 0) is 19.1 Å². The highest BCUT2D eigenvalue weighted by Crippen LogP contribution is 2.27. The third-order valence-electron chi connectivity index (χ3n) is 4.54. The van der Waals surface area contributed by atoms with Crippen molar-refractivity contribution in [1.82, 2.24) is 10.6 Å². The van der Waals surface area contributed by atoms with Crippen molar-refractivity contribution in [3.8, 4) is 0 Å². The highest BCUT2D eigenvalue weighted by molar-refractivity contribution is 6.39. The summed E-state index contributed by atoms with van der Waals surface area (Å²) in [6.45, 7) is 0. The number of amides is 2. The molecule has 1 aliphatic heterocycles. The second-order valence-electron chi connectivity index (χ2n) is 6.41. The minimum Gasteiger partial charge on any atom is -0.468 e. The van der Waals surface area contributed by atoms with Crippen LogP contribution in [0.4, 0.5) is 5.69 Å². The van der Waals surface area contributed by atoms with Crippen LogP contribution in [0.1, 0.15) is 18.0 Å². The highest BCUT2D eigenvalue weighted by atomic mass is 35.5. The molecule has 2 aromatic carbocycles. The van der Waals surface area contributed by atoms with Crippen LogP contribution >= 0.6 is 11.6 Å². The number of hydrogen-bond donors (Lipinski definition) is 3. The van der Waals surface area contributed by atoms with E-state index in [0.29, 0.717) is 17.1 Å². The van der Waals surface area contributed by atoms with E-state index in [0.717, 1.165) is 5.56 Å². The average molecular weight is 402 g/mol. The van der Waals surface area contributed by atoms with Crippen LogP contribution in [0.15, 0.2) is 54.6 Å². The van der Waals surface area contributed by atoms with Gasteiger partial charge < -0.3 is 15.4 Å². The molecule has 3 rings (SSSR count). The van der Waals surface area contributed by atoms with Crippen LogP contribution in [0, 0.1) is 0 Å². The molecule has 8 heteroatoms. The molecule has 1 saturated heterocycles. The lowest BCUT2D eigenvalue weighted by Gasteiger charge is -2.21. The van der Waals surface area contributed by atoms with E-state index in [1.165, 1.54) is 7.11 Å². The summed E-state index contributed by atoms with van der Waals surface area (Å²) in [4.78, 5) is 36.6. The number of rotatable bonds is 4. The molecule has 0 unspecified atom stereocenters. The van der Waals surface area contributed by atoms with Gasteiger partial charge in [-0.25, -0.2) is 0 Å². The maximum absolute atomic E-state index is 12.4. The van der Waals surface area contributed by atoms with Gasteiger partial charge in [0.15, 0.2) is 0 Å². The minimum absolute atomic E-state index is 0.312. The Labute approximate surface area is 167 Å². The average Bonchev–Trinajstić information content (AvgIpc) is 3.13. The second-order valence-corrected chi connectivity index (χ2v) is 6.84. The van der Waals surface area contributed by atoms with Crippen molar-refractivity contribution in [2.24, 2.45) is 0 Å². The van der Waals surface area contributed by atoms with E-state index in [1.807, 2.05) is 30.3 Å². The molecule has 1 fully saturated rings. The molecule has 1 aliphatic rings. The topological polar surface area (TPSA) is 96.5 Å². The van der Waals surface area contributed by atoms with Gasteiger partial charge in [-0.15, -0.1) is 0 Å². The van der Waals surface area contributed by atoms with E-state index in [4.69, 9.17) is 16.3 Å². The molecule has 0 aromatic heterocycles. The van der Waals surface area contributed by atoms with Gasteiger partial charge in [-0.3, -0.25) is 19.7 Å². The summed E-state index contributed by atoms with van der Waals surface area (Å²) in [5.41, 5.74) is 1.36. The molecule has 0 radical (unpaired) electrons. The first-order valence-corrected chi connectivity index (χ1v) is 9.12. The molecule has 3 N–H and O–H groups in total. The predicted octanol–water partition coefficient (Wildman–Crippen LogP) is 2.04. The monoisotopic (exact) mass is 401 g/mol. The van der Waals surface area contributed by atoms with Crippen molar-refractivity contribution in [2.45, 2.75) is 24.5 Å². The molecule has 7 nitrogen and oxygen atoms in total. The van der Waals surface area contributed by atoms with Gasteiger partial charge in [-0.1, -0.05) is 41.9 Å². The second kappa shape index (κ2) is 8.86. The number of benzene rings is 2. The van der Waals surface area contributed by atoms with Crippen molar-refractivity contribution in [2.75, 3.05) is 12.4 Å². The third-order valence-corrected chi connectivity index (χ3v) is 4.79. The standard InChI is InChI=1S/C20H20ClN3O4/c1-28-20(27)16-11-15(17(23-16)12-5-3-2-4-6-12)24-19(26)18(25)22-14-9-7-13(21)8-10-14/h2-10,15-17,23H,11H2,1H3,(H,22,25)(H,24,26)/t15-,16+,17+/m1/s1. The summed E-state index contributed by atoms with van der Waals surface area (Å²) in [6.07, 6.45) is 0.312. The number of ether oxygens (including phenoxy) is 1. The highest BCUT2D eigenvalue weighted by Gasteiger charge is 2.40. The zero-order chi connectivity index (χ0) is 20.1. The summed E-state index contributed by atoms with van der Waals surface area (Å²) in [5.74, 6) is -1.99. The Morgan fingerprint density at radius 3 is 2.36 bits per heavy atom. The number of esters is 1. The van der Waals surface area contributed by atoms with Gasteiger partial charge in [0.1, 0.15) is 6.04 Å². The van der Waals surface area contributed by atoms with Crippen molar-refractivity contribution in [3.63, 3.8) is 0 Å². The van der Waals surface area contributed by atoms with Crippen LogP contribution in [0.25, 0.3) is 0 Å². The third kappa shape index (κ3) is 4.68. The quantitative estimate of drug-likeness (QED) is 0.538. The molecule has 0 bridgehead atoms. The lowest BCUT2D eigenvalue weighted by molar-refractivity contribution is -0.142. The van der Waals surface area contributed by atoms with Crippen LogP contribution in [-0.4, -0.2) is 37.0 Å². The molecule has 28 heavy (non-hydrogen) atoms. The number of anilines is 1. The first-order valence-electron chi connectivity index (χ1n) is 8.74. The molecule has 2 aromatic rings. The number of nitrogens with one attached hydrogen (secondary N) is 3. The Hall–Kier alpha value is -2.90. The largest absolute Gasteiger partial charge is 0.468 e. The summed E-state index contributed by atoms with van der Waals surface area (Å²) >= 11 is 5.81. The van der Waals surface area contributed by atoms with Crippen LogP contribution < -0.4 is 16.0 Å². The molecule has 0 spiro atoms. The van der Waals surface area contributed by atoms with Gasteiger partial charge in [0.05, 0.1) is 19.2 Å². The first-order chi connectivity index (χ1) is 13.5. The molecule has 1 heterocycles. The van der Waals surface area contributed by atoms with Crippen LogP contribution in [0.2, 0.25) is 5.02 Å². The summed E-state index contributed by atoms with van der Waals surface area (Å²) in [5, 5.41) is 8.94. The predicted molar refractivity (Wildman–Crippen MR) is 105 cm³/mol. The lowest BCUT2D eigenvalue weighted by atomic mass is 10.00. The van der Waals surface area contributed by atoms with Crippen molar-refractivity contribution < 1.29 is 19.1 Å². The molecular weight excluding hydrogens is 382 g/mol. The van der Waals surface area contributed by atoms with Crippen molar-refractivity contribution in [1.29, 1.82) is 0 Å². The van der Waals surface area contributed by atoms with E-state index in [2.05, 4.69) is 16.0 Å². The number of methoxy groups -OCH3 is 1. The fourth-order valence-corrected chi connectivity index (χ4v) is 3.31. The van der Waals surface area contributed by atoms with Gasteiger partial charge in [0.2, 0.25) is 0 Å². The van der Waals surface area contributed by atoms with Crippen LogP contribution in [0.5, 0.6) is 0 Å². The zero-order valence-electron chi connectivity index (χ0n) is 15.1. The van der Waals surface area contributed by atoms with Crippen molar-refractivity contribution >= 4 is 35.1 Å². The van der Waals surface area contributed by atoms with E-state index < -0.39 is 29.9 Å². The van der Waals surface area contributed by atoms with Gasteiger partial charge in [0.25, 0.3) is 0 Å². The van der Waals surface area contributed by atoms with Crippen LogP contribution in [0.3, 0.4) is 0 Å². The number of hydrogen-bond acceptors (Lipinski definition) is 5. The molecule has 0 aliphatic carbocycles. The fourth-order valence-electron chi connectivity index (χ4n) is 3.18. The van der Waals surface area contributed by atoms with Gasteiger partial charge in [0, 0.05) is 10.7 Å². The smallest absolute Gasteiger partial charge is 0.322 e. The maximum atomic E-state index is 12.4. The summed E-state index contributed by atoms with van der Waals surface area (Å²) in [7, 11) is 1.31. The Morgan fingerprint density at radius 2 is 1.71 bits per heavy atom. The minimum atomic E-state index is -0.796. The molecule has 146 valence electrons. The Kier molecular flexibility index (Phi) is 6.28. The Bertz CT molecular complexity index is 858. The van der Waals surface area contributed by atoms with Crippen molar-refractivity contribution in [3.05, 3.63) is 65.2 Å². The maximum Gasteiger partial charge on any atom is 0.322 e.